The quantitative estimate of drug-likeness (QED) is 0.712. The summed E-state index contributed by atoms with van der Waals surface area (Å²) in [5.74, 6) is 0.649. The van der Waals surface area contributed by atoms with Gasteiger partial charge in [-0.25, -0.2) is 0 Å². The molecule has 2 rings (SSSR count). The molecule has 0 saturated carbocycles. The summed E-state index contributed by atoms with van der Waals surface area (Å²) in [6, 6.07) is 4.86. The van der Waals surface area contributed by atoms with E-state index in [1.165, 1.54) is 0 Å². The van der Waals surface area contributed by atoms with E-state index in [0.717, 1.165) is 19.5 Å². The normalized spacial score (nSPS) is 16.1. The summed E-state index contributed by atoms with van der Waals surface area (Å²) in [6.45, 7) is 9.09. The second-order valence-corrected chi connectivity index (χ2v) is 5.00. The predicted molar refractivity (Wildman–Crippen MR) is 65.1 cm³/mol. The average molecular weight is 203 g/mol. The van der Waals surface area contributed by atoms with Crippen LogP contribution in [0.1, 0.15) is 48.9 Å². The van der Waals surface area contributed by atoms with Gasteiger partial charge in [-0.2, -0.15) is 0 Å². The van der Waals surface area contributed by atoms with Crippen LogP contribution in [0.4, 0.5) is 0 Å². The molecular weight excluding hydrogens is 182 g/mol. The number of nitrogens with zero attached hydrogens (tertiary/aromatic N) is 1. The Morgan fingerprint density at radius 1 is 1.20 bits per heavy atom. The van der Waals surface area contributed by atoms with Gasteiger partial charge >= 0.3 is 0 Å². The molecule has 1 heteroatoms. The van der Waals surface area contributed by atoms with Crippen molar-refractivity contribution in [3.05, 3.63) is 34.4 Å². The van der Waals surface area contributed by atoms with Crippen LogP contribution in [0.15, 0.2) is 12.1 Å². The van der Waals surface area contributed by atoms with E-state index in [9.17, 15) is 0 Å². The molecule has 1 heterocycles. The molecule has 1 aliphatic rings. The lowest BCUT2D eigenvalue weighted by atomic mass is 9.92. The summed E-state index contributed by atoms with van der Waals surface area (Å²) in [5, 5.41) is 0. The molecule has 0 unspecified atom stereocenters. The van der Waals surface area contributed by atoms with Gasteiger partial charge in [-0.15, -0.1) is 0 Å². The van der Waals surface area contributed by atoms with Crippen molar-refractivity contribution in [3.63, 3.8) is 0 Å². The zero-order valence-corrected chi connectivity index (χ0v) is 10.3. The second-order valence-electron chi connectivity index (χ2n) is 5.00. The fourth-order valence-electron chi connectivity index (χ4n) is 2.53. The Kier molecular flexibility index (Phi) is 2.83. The number of hydrogen-bond donors (Lipinski definition) is 0. The molecule has 15 heavy (non-hydrogen) atoms. The molecule has 0 amide bonds. The molecule has 1 aromatic carbocycles. The topological polar surface area (TPSA) is 3.24 Å². The number of benzene rings is 1. The fourth-order valence-corrected chi connectivity index (χ4v) is 2.53. The summed E-state index contributed by atoms with van der Waals surface area (Å²) < 4.78 is 0. The van der Waals surface area contributed by atoms with Crippen LogP contribution in [0.2, 0.25) is 0 Å². The highest BCUT2D eigenvalue weighted by atomic mass is 15.1. The van der Waals surface area contributed by atoms with Gasteiger partial charge in [0, 0.05) is 13.1 Å². The largest absolute Gasteiger partial charge is 0.298 e. The van der Waals surface area contributed by atoms with Gasteiger partial charge in [0.1, 0.15) is 0 Å². The Labute approximate surface area is 93.1 Å². The minimum Gasteiger partial charge on any atom is -0.298 e. The van der Waals surface area contributed by atoms with Crippen LogP contribution in [0, 0.1) is 0 Å². The molecule has 82 valence electrons. The van der Waals surface area contributed by atoms with Crippen molar-refractivity contribution in [2.75, 3.05) is 7.05 Å². The van der Waals surface area contributed by atoms with Crippen LogP contribution in [0.25, 0.3) is 0 Å². The highest BCUT2D eigenvalue weighted by Crippen LogP contribution is 2.29. The van der Waals surface area contributed by atoms with E-state index >= 15 is 0 Å². The first-order valence-electron chi connectivity index (χ1n) is 5.95. The Morgan fingerprint density at radius 2 is 1.80 bits per heavy atom. The van der Waals surface area contributed by atoms with Crippen molar-refractivity contribution in [2.45, 2.75) is 46.2 Å². The van der Waals surface area contributed by atoms with Gasteiger partial charge < -0.3 is 0 Å². The van der Waals surface area contributed by atoms with Crippen LogP contribution in [0.5, 0.6) is 0 Å². The van der Waals surface area contributed by atoms with E-state index in [1.807, 2.05) is 0 Å². The summed E-state index contributed by atoms with van der Waals surface area (Å²) in [6.07, 6.45) is 1.16. The van der Waals surface area contributed by atoms with Crippen molar-refractivity contribution in [1.29, 1.82) is 0 Å². The van der Waals surface area contributed by atoms with Crippen LogP contribution >= 0.6 is 0 Å². The lowest BCUT2D eigenvalue weighted by Gasteiger charge is -2.13. The summed E-state index contributed by atoms with van der Waals surface area (Å²) in [4.78, 5) is 2.38. The van der Waals surface area contributed by atoms with Gasteiger partial charge in [-0.3, -0.25) is 4.90 Å². The third-order valence-electron chi connectivity index (χ3n) is 3.34. The summed E-state index contributed by atoms with van der Waals surface area (Å²) in [7, 11) is 2.20. The first-order valence-corrected chi connectivity index (χ1v) is 5.95. The second kappa shape index (κ2) is 3.97. The standard InChI is InChI=1S/C14H21N/c1-5-11-6-12-8-15(4)9-13(12)7-14(11)10(2)3/h6-7,10H,5,8-9H2,1-4H3. The number of aryl methyl sites for hydroxylation is 1. The van der Waals surface area contributed by atoms with Gasteiger partial charge in [0.2, 0.25) is 0 Å². The molecule has 0 spiro atoms. The van der Waals surface area contributed by atoms with Crippen LogP contribution < -0.4 is 0 Å². The molecule has 0 N–H and O–H groups in total. The first kappa shape index (κ1) is 10.7. The maximum absolute atomic E-state index is 2.43. The third-order valence-corrected chi connectivity index (χ3v) is 3.34. The predicted octanol–water partition coefficient (Wildman–Crippen LogP) is 3.32. The number of fused-ring (bicyclic) bond motifs is 1. The molecule has 1 aromatic rings. The molecule has 1 nitrogen and oxygen atoms in total. The van der Waals surface area contributed by atoms with Gasteiger partial charge in [-0.1, -0.05) is 32.9 Å². The molecule has 0 saturated heterocycles. The maximum Gasteiger partial charge on any atom is 0.0237 e. The molecule has 0 fully saturated rings. The van der Waals surface area contributed by atoms with Crippen LogP contribution in [0.3, 0.4) is 0 Å². The van der Waals surface area contributed by atoms with Crippen molar-refractivity contribution >= 4 is 0 Å². The van der Waals surface area contributed by atoms with E-state index in [2.05, 4.69) is 44.9 Å². The first-order chi connectivity index (χ1) is 7.11. The molecular formula is C14H21N. The Hall–Kier alpha value is -0.820. The Bertz CT molecular complexity index is 366. The van der Waals surface area contributed by atoms with E-state index in [4.69, 9.17) is 0 Å². The third kappa shape index (κ3) is 1.93. The van der Waals surface area contributed by atoms with Crippen LogP contribution in [-0.2, 0) is 19.5 Å². The summed E-state index contributed by atoms with van der Waals surface area (Å²) in [5.41, 5.74) is 6.17. The smallest absolute Gasteiger partial charge is 0.0237 e. The van der Waals surface area contributed by atoms with Crippen molar-refractivity contribution in [2.24, 2.45) is 0 Å². The minimum absolute atomic E-state index is 0.649. The number of rotatable bonds is 2. The molecule has 1 aliphatic heterocycles. The molecule has 0 atom stereocenters. The van der Waals surface area contributed by atoms with E-state index in [-0.39, 0.29) is 0 Å². The molecule has 0 bridgehead atoms. The lowest BCUT2D eigenvalue weighted by molar-refractivity contribution is 0.353. The minimum atomic E-state index is 0.649. The zero-order valence-electron chi connectivity index (χ0n) is 10.3. The van der Waals surface area contributed by atoms with E-state index in [1.54, 1.807) is 22.3 Å². The lowest BCUT2D eigenvalue weighted by Crippen LogP contribution is -2.07. The Balaban J connectivity index is 2.46. The number of hydrogen-bond acceptors (Lipinski definition) is 1. The van der Waals surface area contributed by atoms with E-state index in [0.29, 0.717) is 5.92 Å². The monoisotopic (exact) mass is 203 g/mol. The highest BCUT2D eigenvalue weighted by molar-refractivity contribution is 5.41. The Morgan fingerprint density at radius 3 is 2.33 bits per heavy atom. The zero-order chi connectivity index (χ0) is 11.0. The fraction of sp³-hybridized carbons (Fsp3) is 0.571. The average Bonchev–Trinajstić information content (AvgIpc) is 2.54. The van der Waals surface area contributed by atoms with Gasteiger partial charge in [0.25, 0.3) is 0 Å². The molecule has 0 aliphatic carbocycles. The van der Waals surface area contributed by atoms with Gasteiger partial charge in [-0.05, 0) is 41.6 Å². The van der Waals surface area contributed by atoms with Crippen molar-refractivity contribution < 1.29 is 0 Å². The molecule has 0 radical (unpaired) electrons. The van der Waals surface area contributed by atoms with E-state index < -0.39 is 0 Å². The van der Waals surface area contributed by atoms with Gasteiger partial charge in [0.15, 0.2) is 0 Å². The van der Waals surface area contributed by atoms with Gasteiger partial charge in [0.05, 0.1) is 0 Å². The van der Waals surface area contributed by atoms with Crippen molar-refractivity contribution in [3.8, 4) is 0 Å². The van der Waals surface area contributed by atoms with Crippen LogP contribution in [-0.4, -0.2) is 11.9 Å². The maximum atomic E-state index is 2.43. The SMILES string of the molecule is CCc1cc2c(cc1C(C)C)CN(C)C2. The summed E-state index contributed by atoms with van der Waals surface area (Å²) >= 11 is 0. The van der Waals surface area contributed by atoms with Crippen molar-refractivity contribution in [1.82, 2.24) is 4.90 Å². The molecule has 0 aromatic heterocycles. The highest BCUT2D eigenvalue weighted by Gasteiger charge is 2.18.